The van der Waals surface area contributed by atoms with Crippen LogP contribution in [0.2, 0.25) is 0 Å². The van der Waals surface area contributed by atoms with Gasteiger partial charge < -0.3 is 0 Å². The second-order valence-electron chi connectivity index (χ2n) is 5.66. The molecule has 0 saturated carbocycles. The van der Waals surface area contributed by atoms with Gasteiger partial charge in [0.2, 0.25) is 0 Å². The highest BCUT2D eigenvalue weighted by Crippen LogP contribution is 2.11. The highest BCUT2D eigenvalue weighted by atomic mass is 14.0. The smallest absolute Gasteiger partial charge is 0.0351 e. The van der Waals surface area contributed by atoms with Crippen LogP contribution in [0.25, 0.3) is 0 Å². The van der Waals surface area contributed by atoms with Crippen molar-refractivity contribution in [2.45, 2.75) is 96.8 Å². The van der Waals surface area contributed by atoms with Crippen LogP contribution in [0.3, 0.4) is 0 Å². The van der Waals surface area contributed by atoms with E-state index in [2.05, 4.69) is 25.7 Å². The molecule has 0 N–H and O–H groups in total. The van der Waals surface area contributed by atoms with Crippen molar-refractivity contribution in [3.63, 3.8) is 0 Å². The van der Waals surface area contributed by atoms with E-state index >= 15 is 0 Å². The van der Waals surface area contributed by atoms with Gasteiger partial charge in [-0.25, -0.2) is 0 Å². The number of rotatable bonds is 15. The maximum absolute atomic E-state index is 3.76. The molecule has 0 heterocycles. The molecular formula is C19H36. The molecule has 0 aromatic heterocycles. The molecular weight excluding hydrogens is 228 g/mol. The van der Waals surface area contributed by atoms with Gasteiger partial charge in [0, 0.05) is 0 Å². The van der Waals surface area contributed by atoms with Crippen LogP contribution in [0, 0.1) is 0 Å². The summed E-state index contributed by atoms with van der Waals surface area (Å²) >= 11 is 0. The summed E-state index contributed by atoms with van der Waals surface area (Å²) in [6, 6.07) is 0. The van der Waals surface area contributed by atoms with E-state index < -0.39 is 0 Å². The molecule has 0 spiro atoms. The van der Waals surface area contributed by atoms with Gasteiger partial charge >= 0.3 is 0 Å². The lowest BCUT2D eigenvalue weighted by Crippen LogP contribution is -1.81. The first-order valence-electron chi connectivity index (χ1n) is 8.67. The van der Waals surface area contributed by atoms with Gasteiger partial charge in [0.25, 0.3) is 0 Å². The van der Waals surface area contributed by atoms with Crippen LogP contribution in [0.1, 0.15) is 96.8 Å². The van der Waals surface area contributed by atoms with Crippen molar-refractivity contribution in [1.29, 1.82) is 0 Å². The van der Waals surface area contributed by atoms with Gasteiger partial charge in [-0.15, -0.1) is 6.58 Å². The summed E-state index contributed by atoms with van der Waals surface area (Å²) in [5.41, 5.74) is 0. The monoisotopic (exact) mass is 264 g/mol. The highest BCUT2D eigenvalue weighted by Gasteiger charge is 1.92. The maximum Gasteiger partial charge on any atom is -0.0351 e. The summed E-state index contributed by atoms with van der Waals surface area (Å²) < 4.78 is 0. The quantitative estimate of drug-likeness (QED) is 0.216. The zero-order chi connectivity index (χ0) is 14.0. The first-order valence-corrected chi connectivity index (χ1v) is 8.67. The molecule has 112 valence electrons. The molecule has 0 aliphatic rings. The van der Waals surface area contributed by atoms with E-state index in [9.17, 15) is 0 Å². The predicted molar refractivity (Wildman–Crippen MR) is 89.6 cm³/mol. The Bertz CT molecular complexity index is 190. The minimum absolute atomic E-state index is 1.20. The number of hydrogen-bond acceptors (Lipinski definition) is 0. The Hall–Kier alpha value is -0.520. The Morgan fingerprint density at radius 3 is 1.47 bits per heavy atom. The Labute approximate surface area is 122 Å². The normalized spacial score (nSPS) is 11.2. The van der Waals surface area contributed by atoms with E-state index in [1.165, 1.54) is 89.9 Å². The van der Waals surface area contributed by atoms with Crippen LogP contribution in [-0.2, 0) is 0 Å². The van der Waals surface area contributed by atoms with Crippen molar-refractivity contribution in [2.75, 3.05) is 0 Å². The molecule has 0 aromatic rings. The standard InChI is InChI=1S/C19H36/c1-3-5-7-9-11-13-15-17-19-18-16-14-12-10-8-6-4-2/h3,10,12H,1,4-9,11,13-19H2,2H3/b12-10+. The molecule has 0 unspecified atom stereocenters. The first-order chi connectivity index (χ1) is 9.41. The molecule has 0 saturated heterocycles. The van der Waals surface area contributed by atoms with Gasteiger partial charge in [0.05, 0.1) is 0 Å². The summed E-state index contributed by atoms with van der Waals surface area (Å²) in [4.78, 5) is 0. The van der Waals surface area contributed by atoms with Crippen LogP contribution < -0.4 is 0 Å². The summed E-state index contributed by atoms with van der Waals surface area (Å²) in [6.45, 7) is 6.02. The fraction of sp³-hybridized carbons (Fsp3) is 0.789. The van der Waals surface area contributed by atoms with Gasteiger partial charge in [-0.1, -0.05) is 82.9 Å². The van der Waals surface area contributed by atoms with Gasteiger partial charge in [0.1, 0.15) is 0 Å². The Kier molecular flexibility index (Phi) is 17.0. The molecule has 0 rings (SSSR count). The molecule has 0 aliphatic heterocycles. The molecule has 0 nitrogen and oxygen atoms in total. The largest absolute Gasteiger partial charge is 0.103 e. The molecule has 0 heteroatoms. The Balaban J connectivity index is 2.98. The average Bonchev–Trinajstić information content (AvgIpc) is 2.43. The third-order valence-corrected chi connectivity index (χ3v) is 3.67. The van der Waals surface area contributed by atoms with Crippen molar-refractivity contribution in [3.8, 4) is 0 Å². The SMILES string of the molecule is C=CCCCCCCCCCCC/C=C/CCCC. The van der Waals surface area contributed by atoms with Crippen LogP contribution >= 0.6 is 0 Å². The van der Waals surface area contributed by atoms with E-state index in [4.69, 9.17) is 0 Å². The van der Waals surface area contributed by atoms with Crippen LogP contribution in [0.15, 0.2) is 24.8 Å². The van der Waals surface area contributed by atoms with E-state index in [0.717, 1.165) is 0 Å². The van der Waals surface area contributed by atoms with Crippen molar-refractivity contribution in [2.24, 2.45) is 0 Å². The van der Waals surface area contributed by atoms with Crippen LogP contribution in [0.4, 0.5) is 0 Å². The molecule has 19 heavy (non-hydrogen) atoms. The summed E-state index contributed by atoms with van der Waals surface area (Å²) in [5, 5.41) is 0. The molecule has 0 amide bonds. The lowest BCUT2D eigenvalue weighted by molar-refractivity contribution is 0.561. The van der Waals surface area contributed by atoms with E-state index in [1.807, 2.05) is 6.08 Å². The number of allylic oxidation sites excluding steroid dienone is 3. The summed E-state index contributed by atoms with van der Waals surface area (Å²) in [6.07, 6.45) is 26.0. The molecule has 0 fully saturated rings. The number of hydrogen-bond donors (Lipinski definition) is 0. The zero-order valence-electron chi connectivity index (χ0n) is 13.3. The summed E-state index contributed by atoms with van der Waals surface area (Å²) in [5.74, 6) is 0. The van der Waals surface area contributed by atoms with Crippen molar-refractivity contribution in [1.82, 2.24) is 0 Å². The molecule has 0 aromatic carbocycles. The van der Waals surface area contributed by atoms with E-state index in [-0.39, 0.29) is 0 Å². The molecule has 0 bridgehead atoms. The second-order valence-corrected chi connectivity index (χ2v) is 5.66. The minimum atomic E-state index is 1.20. The third kappa shape index (κ3) is 17.5. The second kappa shape index (κ2) is 17.5. The molecule has 0 atom stereocenters. The van der Waals surface area contributed by atoms with E-state index in [1.54, 1.807) is 0 Å². The number of unbranched alkanes of at least 4 members (excludes halogenated alkanes) is 12. The molecule has 0 radical (unpaired) electrons. The van der Waals surface area contributed by atoms with Gasteiger partial charge in [-0.2, -0.15) is 0 Å². The van der Waals surface area contributed by atoms with Gasteiger partial charge in [-0.05, 0) is 32.1 Å². The highest BCUT2D eigenvalue weighted by molar-refractivity contribution is 4.81. The summed E-state index contributed by atoms with van der Waals surface area (Å²) in [7, 11) is 0. The fourth-order valence-corrected chi connectivity index (χ4v) is 2.35. The fourth-order valence-electron chi connectivity index (χ4n) is 2.35. The van der Waals surface area contributed by atoms with Crippen molar-refractivity contribution >= 4 is 0 Å². The maximum atomic E-state index is 3.76. The zero-order valence-corrected chi connectivity index (χ0v) is 13.3. The van der Waals surface area contributed by atoms with Crippen LogP contribution in [0.5, 0.6) is 0 Å². The Morgan fingerprint density at radius 2 is 1.00 bits per heavy atom. The lowest BCUT2D eigenvalue weighted by Gasteiger charge is -2.01. The van der Waals surface area contributed by atoms with Crippen molar-refractivity contribution in [3.05, 3.63) is 24.8 Å². The minimum Gasteiger partial charge on any atom is -0.103 e. The average molecular weight is 264 g/mol. The van der Waals surface area contributed by atoms with Crippen molar-refractivity contribution < 1.29 is 0 Å². The third-order valence-electron chi connectivity index (χ3n) is 3.67. The Morgan fingerprint density at radius 1 is 0.579 bits per heavy atom. The predicted octanol–water partition coefficient (Wildman–Crippen LogP) is 7.21. The van der Waals surface area contributed by atoms with Crippen LogP contribution in [-0.4, -0.2) is 0 Å². The molecule has 0 aliphatic carbocycles. The van der Waals surface area contributed by atoms with Gasteiger partial charge in [-0.3, -0.25) is 0 Å². The lowest BCUT2D eigenvalue weighted by atomic mass is 10.1. The van der Waals surface area contributed by atoms with E-state index in [0.29, 0.717) is 0 Å². The van der Waals surface area contributed by atoms with Gasteiger partial charge in [0.15, 0.2) is 0 Å². The first kappa shape index (κ1) is 18.5. The topological polar surface area (TPSA) is 0 Å².